The van der Waals surface area contributed by atoms with Crippen molar-refractivity contribution in [3.63, 3.8) is 0 Å². The zero-order valence-electron chi connectivity index (χ0n) is 11.4. The summed E-state index contributed by atoms with van der Waals surface area (Å²) in [5.74, 6) is 0.567. The summed E-state index contributed by atoms with van der Waals surface area (Å²) in [6.07, 6.45) is 2.29. The standard InChI is InChI=1S/C15H24FN/c1-5-11(3)9-15(17-6-2)13-7-8-14(16)12(4)10-13/h7-8,10-11,15,17H,5-6,9H2,1-4H3. The summed E-state index contributed by atoms with van der Waals surface area (Å²) < 4.78 is 13.3. The molecule has 1 rings (SSSR count). The van der Waals surface area contributed by atoms with Crippen molar-refractivity contribution in [3.05, 3.63) is 35.1 Å². The third-order valence-corrected chi connectivity index (χ3v) is 3.37. The number of benzene rings is 1. The normalized spacial score (nSPS) is 14.6. The van der Waals surface area contributed by atoms with Gasteiger partial charge in [0.1, 0.15) is 5.82 Å². The highest BCUT2D eigenvalue weighted by Crippen LogP contribution is 2.24. The molecule has 0 fully saturated rings. The quantitative estimate of drug-likeness (QED) is 0.781. The molecule has 0 aliphatic carbocycles. The first kappa shape index (κ1) is 14.2. The van der Waals surface area contributed by atoms with E-state index in [0.29, 0.717) is 12.0 Å². The largest absolute Gasteiger partial charge is 0.310 e. The smallest absolute Gasteiger partial charge is 0.126 e. The topological polar surface area (TPSA) is 12.0 Å². The van der Waals surface area contributed by atoms with Gasteiger partial charge in [0.05, 0.1) is 0 Å². The van der Waals surface area contributed by atoms with E-state index in [2.05, 4.69) is 26.1 Å². The average Bonchev–Trinajstić information content (AvgIpc) is 2.32. The van der Waals surface area contributed by atoms with Gasteiger partial charge in [0.15, 0.2) is 0 Å². The van der Waals surface area contributed by atoms with E-state index in [4.69, 9.17) is 0 Å². The maximum Gasteiger partial charge on any atom is 0.126 e. The van der Waals surface area contributed by atoms with Gasteiger partial charge < -0.3 is 5.32 Å². The van der Waals surface area contributed by atoms with Crippen LogP contribution in [0.3, 0.4) is 0 Å². The van der Waals surface area contributed by atoms with Gasteiger partial charge in [0.2, 0.25) is 0 Å². The zero-order chi connectivity index (χ0) is 12.8. The van der Waals surface area contributed by atoms with Crippen LogP contribution in [0.25, 0.3) is 0 Å². The highest BCUT2D eigenvalue weighted by molar-refractivity contribution is 5.26. The van der Waals surface area contributed by atoms with Gasteiger partial charge in [-0.2, -0.15) is 0 Å². The first-order chi connectivity index (χ1) is 8.08. The maximum atomic E-state index is 13.3. The monoisotopic (exact) mass is 237 g/mol. The highest BCUT2D eigenvalue weighted by Gasteiger charge is 2.14. The van der Waals surface area contributed by atoms with Crippen molar-refractivity contribution in [2.75, 3.05) is 6.54 Å². The second kappa shape index (κ2) is 6.75. The molecule has 0 spiro atoms. The Morgan fingerprint density at radius 1 is 1.29 bits per heavy atom. The lowest BCUT2D eigenvalue weighted by molar-refractivity contribution is 0.408. The number of hydrogen-bond donors (Lipinski definition) is 1. The Hall–Kier alpha value is -0.890. The second-order valence-electron chi connectivity index (χ2n) is 4.87. The van der Waals surface area contributed by atoms with Gasteiger partial charge in [-0.1, -0.05) is 39.3 Å². The van der Waals surface area contributed by atoms with Gasteiger partial charge in [-0.25, -0.2) is 4.39 Å². The predicted molar refractivity (Wildman–Crippen MR) is 71.6 cm³/mol. The van der Waals surface area contributed by atoms with Crippen LogP contribution in [0.15, 0.2) is 18.2 Å². The Bertz CT molecular complexity index is 349. The summed E-state index contributed by atoms with van der Waals surface area (Å²) in [6.45, 7) is 9.35. The SMILES string of the molecule is CCNC(CC(C)CC)c1ccc(F)c(C)c1. The lowest BCUT2D eigenvalue weighted by Gasteiger charge is -2.22. The minimum Gasteiger partial charge on any atom is -0.310 e. The van der Waals surface area contributed by atoms with Crippen molar-refractivity contribution >= 4 is 0 Å². The number of halogens is 1. The fourth-order valence-electron chi connectivity index (χ4n) is 2.04. The van der Waals surface area contributed by atoms with E-state index >= 15 is 0 Å². The van der Waals surface area contributed by atoms with Crippen LogP contribution in [0.5, 0.6) is 0 Å². The molecule has 0 aliphatic heterocycles. The van der Waals surface area contributed by atoms with Crippen LogP contribution >= 0.6 is 0 Å². The molecule has 96 valence electrons. The summed E-state index contributed by atoms with van der Waals surface area (Å²) in [5, 5.41) is 3.49. The molecule has 0 radical (unpaired) electrons. The zero-order valence-corrected chi connectivity index (χ0v) is 11.4. The maximum absolute atomic E-state index is 13.3. The van der Waals surface area contributed by atoms with E-state index in [1.807, 2.05) is 19.1 Å². The van der Waals surface area contributed by atoms with Crippen molar-refractivity contribution in [1.82, 2.24) is 5.32 Å². The van der Waals surface area contributed by atoms with Gasteiger partial charge >= 0.3 is 0 Å². The van der Waals surface area contributed by atoms with E-state index in [1.165, 1.54) is 12.0 Å². The number of nitrogens with one attached hydrogen (secondary N) is 1. The molecule has 0 bridgehead atoms. The molecule has 0 aromatic heterocycles. The Kier molecular flexibility index (Phi) is 5.63. The van der Waals surface area contributed by atoms with Crippen LogP contribution in [0.4, 0.5) is 4.39 Å². The summed E-state index contributed by atoms with van der Waals surface area (Å²) in [5.41, 5.74) is 1.93. The molecule has 0 saturated carbocycles. The second-order valence-corrected chi connectivity index (χ2v) is 4.87. The van der Waals surface area contributed by atoms with E-state index in [0.717, 1.165) is 18.5 Å². The number of hydrogen-bond acceptors (Lipinski definition) is 1. The first-order valence-corrected chi connectivity index (χ1v) is 6.57. The molecule has 0 saturated heterocycles. The molecule has 0 amide bonds. The van der Waals surface area contributed by atoms with Crippen molar-refractivity contribution in [3.8, 4) is 0 Å². The molecular formula is C15H24FN. The molecule has 1 nitrogen and oxygen atoms in total. The minimum atomic E-state index is -0.118. The Labute approximate surface area is 104 Å². The molecule has 2 unspecified atom stereocenters. The lowest BCUT2D eigenvalue weighted by atomic mass is 9.93. The molecular weight excluding hydrogens is 213 g/mol. The Balaban J connectivity index is 2.84. The lowest BCUT2D eigenvalue weighted by Crippen LogP contribution is -2.23. The first-order valence-electron chi connectivity index (χ1n) is 6.57. The van der Waals surface area contributed by atoms with Crippen LogP contribution in [0, 0.1) is 18.7 Å². The number of rotatable bonds is 6. The van der Waals surface area contributed by atoms with E-state index < -0.39 is 0 Å². The molecule has 1 N–H and O–H groups in total. The summed E-state index contributed by atoms with van der Waals surface area (Å²) in [4.78, 5) is 0. The van der Waals surface area contributed by atoms with Crippen molar-refractivity contribution in [1.29, 1.82) is 0 Å². The van der Waals surface area contributed by atoms with Crippen LogP contribution in [0.1, 0.15) is 50.8 Å². The van der Waals surface area contributed by atoms with Crippen LogP contribution in [-0.2, 0) is 0 Å². The average molecular weight is 237 g/mol. The van der Waals surface area contributed by atoms with Crippen molar-refractivity contribution in [2.45, 2.75) is 46.6 Å². The van der Waals surface area contributed by atoms with E-state index in [-0.39, 0.29) is 5.82 Å². The molecule has 17 heavy (non-hydrogen) atoms. The van der Waals surface area contributed by atoms with Crippen LogP contribution < -0.4 is 5.32 Å². The third-order valence-electron chi connectivity index (χ3n) is 3.37. The predicted octanol–water partition coefficient (Wildman–Crippen LogP) is 4.22. The molecule has 2 heteroatoms. The van der Waals surface area contributed by atoms with E-state index in [9.17, 15) is 4.39 Å². The Morgan fingerprint density at radius 2 is 2.00 bits per heavy atom. The fourth-order valence-corrected chi connectivity index (χ4v) is 2.04. The molecule has 0 heterocycles. The van der Waals surface area contributed by atoms with Gasteiger partial charge in [-0.3, -0.25) is 0 Å². The minimum absolute atomic E-state index is 0.118. The van der Waals surface area contributed by atoms with Crippen LogP contribution in [0.2, 0.25) is 0 Å². The van der Waals surface area contributed by atoms with Crippen molar-refractivity contribution < 1.29 is 4.39 Å². The van der Waals surface area contributed by atoms with Gasteiger partial charge in [-0.05, 0) is 43.0 Å². The van der Waals surface area contributed by atoms with Crippen molar-refractivity contribution in [2.24, 2.45) is 5.92 Å². The Morgan fingerprint density at radius 3 is 2.53 bits per heavy atom. The summed E-state index contributed by atoms with van der Waals surface area (Å²) in [7, 11) is 0. The number of aryl methyl sites for hydroxylation is 1. The molecule has 1 aromatic carbocycles. The highest BCUT2D eigenvalue weighted by atomic mass is 19.1. The van der Waals surface area contributed by atoms with Gasteiger partial charge in [-0.15, -0.1) is 0 Å². The molecule has 1 aromatic rings. The molecule has 0 aliphatic rings. The van der Waals surface area contributed by atoms with Crippen LogP contribution in [-0.4, -0.2) is 6.54 Å². The molecule has 2 atom stereocenters. The van der Waals surface area contributed by atoms with Gasteiger partial charge in [0, 0.05) is 6.04 Å². The fraction of sp³-hybridized carbons (Fsp3) is 0.600. The summed E-state index contributed by atoms with van der Waals surface area (Å²) in [6, 6.07) is 5.78. The van der Waals surface area contributed by atoms with Gasteiger partial charge in [0.25, 0.3) is 0 Å². The summed E-state index contributed by atoms with van der Waals surface area (Å²) >= 11 is 0. The third kappa shape index (κ3) is 4.12. The van der Waals surface area contributed by atoms with E-state index in [1.54, 1.807) is 6.07 Å².